The van der Waals surface area contributed by atoms with Crippen LogP contribution in [0, 0.1) is 0 Å². The summed E-state index contributed by atoms with van der Waals surface area (Å²) >= 11 is 2.84. The number of nitrogens with zero attached hydrogens (tertiary/aromatic N) is 3. The number of aryl methyl sites for hydroxylation is 1. The largest absolute Gasteiger partial charge is 0.497 e. The Morgan fingerprint density at radius 1 is 1.27 bits per heavy atom. The predicted molar refractivity (Wildman–Crippen MR) is 87.3 cm³/mol. The molecule has 112 valence electrons. The summed E-state index contributed by atoms with van der Waals surface area (Å²) in [5.74, 6) is 0.464. The van der Waals surface area contributed by atoms with Gasteiger partial charge in [-0.2, -0.15) is 4.99 Å². The highest BCUT2D eigenvalue weighted by Gasteiger charge is 2.11. The van der Waals surface area contributed by atoms with Crippen LogP contribution < -0.4 is 9.54 Å². The zero-order valence-electron chi connectivity index (χ0n) is 12.0. The van der Waals surface area contributed by atoms with Crippen molar-refractivity contribution < 1.29 is 9.53 Å². The number of benzene rings is 1. The van der Waals surface area contributed by atoms with E-state index in [-0.39, 0.29) is 5.91 Å². The zero-order valence-corrected chi connectivity index (χ0v) is 13.6. The van der Waals surface area contributed by atoms with Gasteiger partial charge < -0.3 is 9.30 Å². The van der Waals surface area contributed by atoms with E-state index in [1.807, 2.05) is 42.9 Å². The van der Waals surface area contributed by atoms with Crippen LogP contribution in [0.1, 0.15) is 10.5 Å². The number of hydrogen-bond donors (Lipinski definition) is 0. The second-order valence-electron chi connectivity index (χ2n) is 4.48. The van der Waals surface area contributed by atoms with Crippen molar-refractivity contribution in [1.29, 1.82) is 0 Å². The first-order chi connectivity index (χ1) is 10.7. The molecule has 0 fully saturated rings. The van der Waals surface area contributed by atoms with Crippen LogP contribution in [0.5, 0.6) is 5.75 Å². The summed E-state index contributed by atoms with van der Waals surface area (Å²) < 4.78 is 6.94. The lowest BCUT2D eigenvalue weighted by molar-refractivity contribution is 0.0994. The summed E-state index contributed by atoms with van der Waals surface area (Å²) in [5, 5.41) is 4.41. The maximum Gasteiger partial charge on any atom is 0.299 e. The quantitative estimate of drug-likeness (QED) is 0.741. The number of carbonyl (C=O) groups is 1. The van der Waals surface area contributed by atoms with Gasteiger partial charge in [0.05, 0.1) is 7.11 Å². The third-order valence-electron chi connectivity index (χ3n) is 3.02. The first-order valence-corrected chi connectivity index (χ1v) is 8.22. The molecule has 0 N–H and O–H groups in total. The molecule has 0 atom stereocenters. The minimum Gasteiger partial charge on any atom is -0.497 e. The van der Waals surface area contributed by atoms with Gasteiger partial charge in [-0.05, 0) is 24.3 Å². The zero-order chi connectivity index (χ0) is 15.5. The molecule has 0 aliphatic heterocycles. The number of ether oxygens (including phenoxy) is 1. The second-order valence-corrected chi connectivity index (χ2v) is 6.21. The Morgan fingerprint density at radius 2 is 2.05 bits per heavy atom. The van der Waals surface area contributed by atoms with Crippen molar-refractivity contribution in [1.82, 2.24) is 9.55 Å². The van der Waals surface area contributed by atoms with Gasteiger partial charge in [0.15, 0.2) is 4.80 Å². The molecule has 0 aliphatic rings. The number of amides is 1. The van der Waals surface area contributed by atoms with Crippen molar-refractivity contribution in [2.24, 2.45) is 12.0 Å². The van der Waals surface area contributed by atoms with E-state index in [9.17, 15) is 4.79 Å². The SMILES string of the molecule is COc1ccc(-c2nc(C(=O)N=c3sccn3C)cs2)cc1. The minimum absolute atomic E-state index is 0.325. The Balaban J connectivity index is 1.87. The van der Waals surface area contributed by atoms with Crippen molar-refractivity contribution in [2.75, 3.05) is 7.11 Å². The molecule has 0 aliphatic carbocycles. The Kier molecular flexibility index (Phi) is 4.17. The molecule has 0 unspecified atom stereocenters. The lowest BCUT2D eigenvalue weighted by atomic mass is 10.2. The number of thiazole rings is 2. The predicted octanol–water partition coefficient (Wildman–Crippen LogP) is 2.96. The Hall–Kier alpha value is -2.25. The van der Waals surface area contributed by atoms with E-state index in [1.165, 1.54) is 22.7 Å². The minimum atomic E-state index is -0.325. The van der Waals surface area contributed by atoms with Crippen LogP contribution in [0.15, 0.2) is 46.2 Å². The summed E-state index contributed by atoms with van der Waals surface area (Å²) in [6.07, 6.45) is 1.86. The molecule has 0 saturated carbocycles. The summed E-state index contributed by atoms with van der Waals surface area (Å²) in [5.41, 5.74) is 1.32. The van der Waals surface area contributed by atoms with Crippen LogP contribution >= 0.6 is 22.7 Å². The van der Waals surface area contributed by atoms with Gasteiger partial charge in [-0.3, -0.25) is 4.79 Å². The fourth-order valence-corrected chi connectivity index (χ4v) is 3.34. The molecular weight excluding hydrogens is 318 g/mol. The Labute approximate surface area is 135 Å². The molecule has 1 aromatic carbocycles. The van der Waals surface area contributed by atoms with Gasteiger partial charge in [-0.15, -0.1) is 22.7 Å². The van der Waals surface area contributed by atoms with Gasteiger partial charge in [-0.1, -0.05) is 0 Å². The Bertz CT molecular complexity index is 859. The molecule has 2 aromatic heterocycles. The molecule has 1 amide bonds. The van der Waals surface area contributed by atoms with Crippen molar-refractivity contribution >= 4 is 28.6 Å². The monoisotopic (exact) mass is 331 g/mol. The lowest BCUT2D eigenvalue weighted by Crippen LogP contribution is -2.12. The molecule has 0 spiro atoms. The van der Waals surface area contributed by atoms with Crippen LogP contribution in [-0.2, 0) is 7.05 Å². The van der Waals surface area contributed by atoms with Gasteiger partial charge >= 0.3 is 0 Å². The lowest BCUT2D eigenvalue weighted by Gasteiger charge is -1.99. The van der Waals surface area contributed by atoms with Gasteiger partial charge in [0.25, 0.3) is 5.91 Å². The number of aromatic nitrogens is 2. The summed E-state index contributed by atoms with van der Waals surface area (Å²) in [4.78, 5) is 21.3. The topological polar surface area (TPSA) is 56.5 Å². The molecule has 0 saturated heterocycles. The van der Waals surface area contributed by atoms with Crippen molar-refractivity contribution in [3.05, 3.63) is 51.7 Å². The molecule has 2 heterocycles. The van der Waals surface area contributed by atoms with Gasteiger partial charge in [0.2, 0.25) is 0 Å². The highest BCUT2D eigenvalue weighted by atomic mass is 32.1. The third-order valence-corrected chi connectivity index (χ3v) is 4.76. The highest BCUT2D eigenvalue weighted by molar-refractivity contribution is 7.13. The molecule has 22 heavy (non-hydrogen) atoms. The molecule has 0 bridgehead atoms. The van der Waals surface area contributed by atoms with Gasteiger partial charge in [-0.25, -0.2) is 4.98 Å². The number of carbonyl (C=O) groups excluding carboxylic acids is 1. The standard InChI is InChI=1S/C15H13N3O2S2/c1-18-7-8-21-15(18)17-13(19)12-9-22-14(16-12)10-3-5-11(20-2)6-4-10/h3-9H,1-2H3. The first kappa shape index (κ1) is 14.7. The molecule has 0 radical (unpaired) electrons. The summed E-state index contributed by atoms with van der Waals surface area (Å²) in [7, 11) is 3.48. The fourth-order valence-electron chi connectivity index (χ4n) is 1.82. The van der Waals surface area contributed by atoms with Gasteiger partial charge in [0.1, 0.15) is 16.5 Å². The molecule has 7 heteroatoms. The number of methoxy groups -OCH3 is 1. The van der Waals surface area contributed by atoms with E-state index in [0.717, 1.165) is 16.3 Å². The van der Waals surface area contributed by atoms with Crippen molar-refractivity contribution in [3.63, 3.8) is 0 Å². The van der Waals surface area contributed by atoms with E-state index < -0.39 is 0 Å². The van der Waals surface area contributed by atoms with Gasteiger partial charge in [0, 0.05) is 29.6 Å². The van der Waals surface area contributed by atoms with Crippen LogP contribution in [0.2, 0.25) is 0 Å². The molecule has 3 aromatic rings. The van der Waals surface area contributed by atoms with E-state index in [4.69, 9.17) is 4.74 Å². The van der Waals surface area contributed by atoms with Crippen LogP contribution in [-0.4, -0.2) is 22.6 Å². The smallest absolute Gasteiger partial charge is 0.299 e. The number of hydrogen-bond acceptors (Lipinski definition) is 5. The first-order valence-electron chi connectivity index (χ1n) is 6.46. The maximum atomic E-state index is 12.2. The van der Waals surface area contributed by atoms with Crippen molar-refractivity contribution in [2.45, 2.75) is 0 Å². The van der Waals surface area contributed by atoms with Crippen molar-refractivity contribution in [3.8, 4) is 16.3 Å². The average molecular weight is 331 g/mol. The third kappa shape index (κ3) is 3.00. The van der Waals surface area contributed by atoms with Crippen LogP contribution in [0.4, 0.5) is 0 Å². The van der Waals surface area contributed by atoms with E-state index in [2.05, 4.69) is 9.98 Å². The maximum absolute atomic E-state index is 12.2. The van der Waals surface area contributed by atoms with E-state index >= 15 is 0 Å². The molecule has 5 nitrogen and oxygen atoms in total. The average Bonchev–Trinajstić information content (AvgIpc) is 3.17. The molecular formula is C15H13N3O2S2. The molecule has 3 rings (SSSR count). The van der Waals surface area contributed by atoms with Crippen LogP contribution in [0.25, 0.3) is 10.6 Å². The Morgan fingerprint density at radius 3 is 2.68 bits per heavy atom. The summed E-state index contributed by atoms with van der Waals surface area (Å²) in [6, 6.07) is 7.58. The normalized spacial score (nSPS) is 11.6. The number of rotatable bonds is 3. The highest BCUT2D eigenvalue weighted by Crippen LogP contribution is 2.25. The summed E-state index contributed by atoms with van der Waals surface area (Å²) in [6.45, 7) is 0. The van der Waals surface area contributed by atoms with E-state index in [0.29, 0.717) is 10.5 Å². The van der Waals surface area contributed by atoms with Crippen LogP contribution in [0.3, 0.4) is 0 Å². The fraction of sp³-hybridized carbons (Fsp3) is 0.133. The second kappa shape index (κ2) is 6.25. The van der Waals surface area contributed by atoms with E-state index in [1.54, 1.807) is 17.1 Å².